The Morgan fingerprint density at radius 3 is 2.90 bits per heavy atom. The Morgan fingerprint density at radius 2 is 2.19 bits per heavy atom. The number of aromatic nitrogens is 1. The molecule has 112 valence electrons. The van der Waals surface area contributed by atoms with Crippen LogP contribution in [0.4, 0.5) is 0 Å². The molecule has 3 nitrogen and oxygen atoms in total. The van der Waals surface area contributed by atoms with Crippen molar-refractivity contribution in [2.75, 3.05) is 7.11 Å². The third-order valence-corrected chi connectivity index (χ3v) is 5.40. The highest BCUT2D eigenvalue weighted by atomic mass is 79.9. The molecule has 1 saturated carbocycles. The number of thiazole rings is 1. The van der Waals surface area contributed by atoms with Crippen molar-refractivity contribution in [3.05, 3.63) is 49.9 Å². The second-order valence-corrected chi connectivity index (χ2v) is 7.36. The zero-order chi connectivity index (χ0) is 14.7. The number of benzene rings is 1. The van der Waals surface area contributed by atoms with Gasteiger partial charge in [0.1, 0.15) is 0 Å². The van der Waals surface area contributed by atoms with Gasteiger partial charge in [0, 0.05) is 35.5 Å². The van der Waals surface area contributed by atoms with E-state index in [4.69, 9.17) is 9.72 Å². The SMILES string of the molecule is COCc1nc(Cc2ccccc2Br)sc1CNC1CC1. The molecule has 0 unspecified atom stereocenters. The molecule has 0 radical (unpaired) electrons. The van der Waals surface area contributed by atoms with Gasteiger partial charge in [-0.3, -0.25) is 0 Å². The molecular weight excluding hydrogens is 348 g/mol. The van der Waals surface area contributed by atoms with E-state index < -0.39 is 0 Å². The van der Waals surface area contributed by atoms with E-state index >= 15 is 0 Å². The molecule has 1 aliphatic carbocycles. The first-order valence-electron chi connectivity index (χ1n) is 7.19. The maximum Gasteiger partial charge on any atom is 0.0976 e. The van der Waals surface area contributed by atoms with Crippen molar-refractivity contribution in [1.29, 1.82) is 0 Å². The maximum absolute atomic E-state index is 5.29. The van der Waals surface area contributed by atoms with E-state index in [0.717, 1.165) is 28.1 Å². The van der Waals surface area contributed by atoms with Crippen LogP contribution < -0.4 is 5.32 Å². The molecule has 21 heavy (non-hydrogen) atoms. The standard InChI is InChI=1S/C16H19BrN2OS/c1-20-10-14-15(9-18-12-6-7-12)21-16(19-14)8-11-4-2-3-5-13(11)17/h2-5,12,18H,6-10H2,1H3. The summed E-state index contributed by atoms with van der Waals surface area (Å²) in [5.41, 5.74) is 2.36. The van der Waals surface area contributed by atoms with Gasteiger partial charge in [-0.1, -0.05) is 34.1 Å². The summed E-state index contributed by atoms with van der Waals surface area (Å²) in [5, 5.41) is 4.72. The van der Waals surface area contributed by atoms with Gasteiger partial charge in [0.2, 0.25) is 0 Å². The molecule has 1 N–H and O–H groups in total. The minimum atomic E-state index is 0.591. The molecule has 5 heteroatoms. The van der Waals surface area contributed by atoms with Crippen LogP contribution in [0.1, 0.15) is 34.0 Å². The molecule has 3 rings (SSSR count). The topological polar surface area (TPSA) is 34.1 Å². The number of nitrogens with one attached hydrogen (secondary N) is 1. The van der Waals surface area contributed by atoms with Gasteiger partial charge in [-0.2, -0.15) is 0 Å². The molecule has 0 aliphatic heterocycles. The fourth-order valence-corrected chi connectivity index (χ4v) is 3.70. The van der Waals surface area contributed by atoms with E-state index in [9.17, 15) is 0 Å². The second-order valence-electron chi connectivity index (χ2n) is 5.33. The Bertz CT molecular complexity index is 610. The monoisotopic (exact) mass is 366 g/mol. The minimum absolute atomic E-state index is 0.591. The van der Waals surface area contributed by atoms with E-state index in [-0.39, 0.29) is 0 Å². The van der Waals surface area contributed by atoms with Gasteiger partial charge in [-0.05, 0) is 24.5 Å². The summed E-state index contributed by atoms with van der Waals surface area (Å²) < 4.78 is 6.43. The fraction of sp³-hybridized carbons (Fsp3) is 0.438. The first-order valence-corrected chi connectivity index (χ1v) is 8.80. The highest BCUT2D eigenvalue weighted by Gasteiger charge is 2.21. The van der Waals surface area contributed by atoms with E-state index in [1.807, 2.05) is 6.07 Å². The molecule has 0 spiro atoms. The van der Waals surface area contributed by atoms with Gasteiger partial charge in [0.05, 0.1) is 17.3 Å². The summed E-state index contributed by atoms with van der Waals surface area (Å²) in [4.78, 5) is 6.08. The summed E-state index contributed by atoms with van der Waals surface area (Å²) in [5.74, 6) is 0. The Balaban J connectivity index is 1.74. The molecule has 1 aliphatic rings. The highest BCUT2D eigenvalue weighted by Crippen LogP contribution is 2.26. The average molecular weight is 367 g/mol. The zero-order valence-corrected chi connectivity index (χ0v) is 14.5. The lowest BCUT2D eigenvalue weighted by molar-refractivity contribution is 0.181. The van der Waals surface area contributed by atoms with Crippen molar-refractivity contribution >= 4 is 27.3 Å². The highest BCUT2D eigenvalue weighted by molar-refractivity contribution is 9.10. The summed E-state index contributed by atoms with van der Waals surface area (Å²) in [6.07, 6.45) is 3.48. The average Bonchev–Trinajstić information content (AvgIpc) is 3.23. The predicted molar refractivity (Wildman–Crippen MR) is 89.6 cm³/mol. The van der Waals surface area contributed by atoms with Gasteiger partial charge in [0.25, 0.3) is 0 Å². The van der Waals surface area contributed by atoms with Crippen molar-refractivity contribution in [2.45, 2.75) is 38.5 Å². The molecule has 1 aromatic heterocycles. The van der Waals surface area contributed by atoms with Gasteiger partial charge in [-0.25, -0.2) is 4.98 Å². The van der Waals surface area contributed by atoms with Crippen LogP contribution in [0.2, 0.25) is 0 Å². The first-order chi connectivity index (χ1) is 10.3. The number of rotatable bonds is 7. The number of nitrogens with zero attached hydrogens (tertiary/aromatic N) is 1. The van der Waals surface area contributed by atoms with Crippen molar-refractivity contribution in [3.63, 3.8) is 0 Å². The lowest BCUT2D eigenvalue weighted by Crippen LogP contribution is -2.15. The Hall–Kier alpha value is -0.750. The summed E-state index contributed by atoms with van der Waals surface area (Å²) in [6.45, 7) is 1.51. The van der Waals surface area contributed by atoms with Crippen LogP contribution in [-0.4, -0.2) is 18.1 Å². The third kappa shape index (κ3) is 4.13. The molecule has 2 aromatic rings. The van der Waals surface area contributed by atoms with Crippen molar-refractivity contribution < 1.29 is 4.74 Å². The fourth-order valence-electron chi connectivity index (χ4n) is 2.23. The minimum Gasteiger partial charge on any atom is -0.378 e. The van der Waals surface area contributed by atoms with E-state index in [1.54, 1.807) is 18.4 Å². The Labute approximate surface area is 137 Å². The Kier molecular flexibility index (Phi) is 5.06. The summed E-state index contributed by atoms with van der Waals surface area (Å²) in [7, 11) is 1.73. The molecule has 1 heterocycles. The largest absolute Gasteiger partial charge is 0.378 e. The third-order valence-electron chi connectivity index (χ3n) is 3.53. The normalized spacial score (nSPS) is 14.6. The van der Waals surface area contributed by atoms with Crippen molar-refractivity contribution in [2.24, 2.45) is 0 Å². The molecule has 1 aromatic carbocycles. The molecule has 1 fully saturated rings. The van der Waals surface area contributed by atoms with Crippen molar-refractivity contribution in [1.82, 2.24) is 10.3 Å². The van der Waals surface area contributed by atoms with Crippen LogP contribution in [0, 0.1) is 0 Å². The maximum atomic E-state index is 5.29. The number of methoxy groups -OCH3 is 1. The zero-order valence-electron chi connectivity index (χ0n) is 12.1. The summed E-state index contributed by atoms with van der Waals surface area (Å²) in [6, 6.07) is 9.04. The number of halogens is 1. The molecule has 0 amide bonds. The van der Waals surface area contributed by atoms with Crippen LogP contribution in [0.15, 0.2) is 28.7 Å². The lowest BCUT2D eigenvalue weighted by atomic mass is 10.2. The van der Waals surface area contributed by atoms with Crippen LogP contribution in [0.5, 0.6) is 0 Å². The van der Waals surface area contributed by atoms with Gasteiger partial charge >= 0.3 is 0 Å². The number of hydrogen-bond donors (Lipinski definition) is 1. The molecule has 0 atom stereocenters. The van der Waals surface area contributed by atoms with Gasteiger partial charge in [0.15, 0.2) is 0 Å². The molecular formula is C16H19BrN2OS. The van der Waals surface area contributed by atoms with Crippen LogP contribution in [0.25, 0.3) is 0 Å². The van der Waals surface area contributed by atoms with Crippen LogP contribution in [-0.2, 0) is 24.3 Å². The van der Waals surface area contributed by atoms with E-state index in [2.05, 4.69) is 39.4 Å². The van der Waals surface area contributed by atoms with Gasteiger partial charge in [-0.15, -0.1) is 11.3 Å². The molecule has 0 bridgehead atoms. The second kappa shape index (κ2) is 7.01. The molecule has 0 saturated heterocycles. The van der Waals surface area contributed by atoms with Crippen molar-refractivity contribution in [3.8, 4) is 0 Å². The van der Waals surface area contributed by atoms with Gasteiger partial charge < -0.3 is 10.1 Å². The smallest absolute Gasteiger partial charge is 0.0976 e. The quantitative estimate of drug-likeness (QED) is 0.806. The number of ether oxygens (including phenoxy) is 1. The first kappa shape index (κ1) is 15.2. The predicted octanol–water partition coefficient (Wildman–Crippen LogP) is 3.89. The Morgan fingerprint density at radius 1 is 1.38 bits per heavy atom. The van der Waals surface area contributed by atoms with E-state index in [0.29, 0.717) is 12.6 Å². The number of hydrogen-bond acceptors (Lipinski definition) is 4. The van der Waals surface area contributed by atoms with E-state index in [1.165, 1.54) is 23.3 Å². The lowest BCUT2D eigenvalue weighted by Gasteiger charge is -2.02. The summed E-state index contributed by atoms with van der Waals surface area (Å²) >= 11 is 5.41. The van der Waals surface area contributed by atoms with Crippen LogP contribution in [0.3, 0.4) is 0 Å². The van der Waals surface area contributed by atoms with Crippen LogP contribution >= 0.6 is 27.3 Å².